The fourth-order valence-corrected chi connectivity index (χ4v) is 7.13. The quantitative estimate of drug-likeness (QED) is 0.503. The topological polar surface area (TPSA) is 110 Å². The third kappa shape index (κ3) is 5.45. The molecule has 0 unspecified atom stereocenters. The molecule has 36 heavy (non-hydrogen) atoms. The van der Waals surface area contributed by atoms with Crippen molar-refractivity contribution in [1.29, 1.82) is 0 Å². The lowest BCUT2D eigenvalue weighted by Gasteiger charge is -2.32. The van der Waals surface area contributed by atoms with Crippen LogP contribution in [-0.2, 0) is 19.9 Å². The van der Waals surface area contributed by atoms with Gasteiger partial charge in [-0.25, -0.2) is 21.6 Å². The number of carbonyl (C=O) groups excluding carboxylic acids is 1. The van der Waals surface area contributed by atoms with Crippen molar-refractivity contribution in [3.8, 4) is 5.75 Å². The number of hydrogen-bond donors (Lipinski definition) is 1. The number of nitrogens with one attached hydrogen (secondary N) is 1. The van der Waals surface area contributed by atoms with Crippen molar-refractivity contribution in [2.24, 2.45) is 0 Å². The maximum Gasteiger partial charge on any atom is 0.253 e. The van der Waals surface area contributed by atoms with Gasteiger partial charge in [0.05, 0.1) is 21.8 Å². The Hall–Kier alpha value is -3.21. The largest absolute Gasteiger partial charge is 0.497 e. The summed E-state index contributed by atoms with van der Waals surface area (Å²) in [6.45, 7) is 2.43. The Kier molecular flexibility index (Phi) is 7.49. The summed E-state index contributed by atoms with van der Waals surface area (Å²) in [5.41, 5.74) is 0.989. The highest BCUT2D eigenvalue weighted by Crippen LogP contribution is 2.26. The number of hydrogen-bond acceptors (Lipinski definition) is 6. The van der Waals surface area contributed by atoms with Crippen molar-refractivity contribution >= 4 is 25.8 Å². The standard InChI is InChI=1S/C26H28N2O6S2/c1-19-8-13-24(35(30,31)23-6-4-3-5-7-23)18-25(19)36(32,33)27-21-14-16-28(17-15-21)26(29)20-9-11-22(34-2)12-10-20/h3-13,18,21,27H,14-17H2,1-2H3. The molecule has 0 radical (unpaired) electrons. The van der Waals surface area contributed by atoms with E-state index < -0.39 is 19.9 Å². The van der Waals surface area contributed by atoms with Gasteiger partial charge in [-0.15, -0.1) is 0 Å². The molecule has 0 spiro atoms. The molecule has 3 aromatic carbocycles. The second-order valence-corrected chi connectivity index (χ2v) is 12.3. The molecule has 1 fully saturated rings. The smallest absolute Gasteiger partial charge is 0.253 e. The SMILES string of the molecule is COc1ccc(C(=O)N2CCC(NS(=O)(=O)c3cc(S(=O)(=O)c4ccccc4)ccc3C)CC2)cc1. The first-order valence-corrected chi connectivity index (χ1v) is 14.4. The highest BCUT2D eigenvalue weighted by Gasteiger charge is 2.29. The third-order valence-electron chi connectivity index (χ3n) is 6.25. The Labute approximate surface area is 211 Å². The maximum atomic E-state index is 13.2. The molecule has 1 aliphatic heterocycles. The summed E-state index contributed by atoms with van der Waals surface area (Å²) in [7, 11) is -6.29. The minimum atomic E-state index is -3.98. The van der Waals surface area contributed by atoms with E-state index in [1.807, 2.05) is 0 Å². The zero-order valence-electron chi connectivity index (χ0n) is 20.0. The molecule has 0 aromatic heterocycles. The van der Waals surface area contributed by atoms with Gasteiger partial charge >= 0.3 is 0 Å². The molecule has 0 bridgehead atoms. The lowest BCUT2D eigenvalue weighted by atomic mass is 10.0. The summed E-state index contributed by atoms with van der Waals surface area (Å²) in [5, 5.41) is 0. The van der Waals surface area contributed by atoms with Crippen LogP contribution in [0.3, 0.4) is 0 Å². The molecular formula is C26H28N2O6S2. The van der Waals surface area contributed by atoms with E-state index in [1.165, 1.54) is 30.3 Å². The second kappa shape index (κ2) is 10.4. The number of aryl methyl sites for hydroxylation is 1. The Morgan fingerprint density at radius 2 is 1.53 bits per heavy atom. The first-order valence-electron chi connectivity index (χ1n) is 11.5. The third-order valence-corrected chi connectivity index (χ3v) is 9.68. The minimum Gasteiger partial charge on any atom is -0.497 e. The van der Waals surface area contributed by atoms with Crippen LogP contribution in [0.2, 0.25) is 0 Å². The lowest BCUT2D eigenvalue weighted by molar-refractivity contribution is 0.0711. The summed E-state index contributed by atoms with van der Waals surface area (Å²) in [6, 6.07) is 18.5. The van der Waals surface area contributed by atoms with Crippen molar-refractivity contribution in [3.63, 3.8) is 0 Å². The van der Waals surface area contributed by atoms with Crippen LogP contribution in [0.4, 0.5) is 0 Å². The van der Waals surface area contributed by atoms with Crippen LogP contribution in [0.1, 0.15) is 28.8 Å². The molecule has 3 aromatic rings. The average Bonchev–Trinajstić information content (AvgIpc) is 2.89. The van der Waals surface area contributed by atoms with Gasteiger partial charge in [-0.2, -0.15) is 0 Å². The summed E-state index contributed by atoms with van der Waals surface area (Å²) in [6.07, 6.45) is 0.893. The molecule has 0 aliphatic carbocycles. The molecule has 1 N–H and O–H groups in total. The molecule has 8 nitrogen and oxygen atoms in total. The Morgan fingerprint density at radius 1 is 0.889 bits per heavy atom. The van der Waals surface area contributed by atoms with E-state index in [9.17, 15) is 21.6 Å². The monoisotopic (exact) mass is 528 g/mol. The molecule has 1 saturated heterocycles. The number of sulfone groups is 1. The van der Waals surface area contributed by atoms with E-state index in [4.69, 9.17) is 4.74 Å². The van der Waals surface area contributed by atoms with Gasteiger partial charge in [-0.1, -0.05) is 24.3 Å². The van der Waals surface area contributed by atoms with Crippen molar-refractivity contribution in [2.75, 3.05) is 20.2 Å². The summed E-state index contributed by atoms with van der Waals surface area (Å²) < 4.78 is 60.3. The number of carbonyl (C=O) groups is 1. The average molecular weight is 529 g/mol. The normalized spacial score (nSPS) is 15.0. The van der Waals surface area contributed by atoms with E-state index in [0.717, 1.165) is 0 Å². The predicted octanol–water partition coefficient (Wildman–Crippen LogP) is 3.42. The molecule has 4 rings (SSSR count). The Balaban J connectivity index is 1.46. The molecule has 1 amide bonds. The molecule has 0 saturated carbocycles. The highest BCUT2D eigenvalue weighted by atomic mass is 32.2. The van der Waals surface area contributed by atoms with Crippen LogP contribution in [-0.4, -0.2) is 53.9 Å². The van der Waals surface area contributed by atoms with Gasteiger partial charge in [-0.05, 0) is 73.9 Å². The van der Waals surface area contributed by atoms with Crippen molar-refractivity contribution < 1.29 is 26.4 Å². The first kappa shape index (κ1) is 25.9. The number of benzene rings is 3. The number of amides is 1. The van der Waals surface area contributed by atoms with E-state index in [-0.39, 0.29) is 26.6 Å². The van der Waals surface area contributed by atoms with Crippen LogP contribution in [0.15, 0.2) is 87.5 Å². The Bertz CT molecular complexity index is 1450. The van der Waals surface area contributed by atoms with E-state index in [1.54, 1.807) is 61.4 Å². The molecular weight excluding hydrogens is 500 g/mol. The fraction of sp³-hybridized carbons (Fsp3) is 0.269. The first-order chi connectivity index (χ1) is 17.1. The van der Waals surface area contributed by atoms with E-state index in [0.29, 0.717) is 42.8 Å². The van der Waals surface area contributed by atoms with Crippen molar-refractivity contribution in [1.82, 2.24) is 9.62 Å². The zero-order valence-corrected chi connectivity index (χ0v) is 21.7. The number of piperidine rings is 1. The minimum absolute atomic E-state index is 0.0729. The second-order valence-electron chi connectivity index (χ2n) is 8.66. The van der Waals surface area contributed by atoms with E-state index >= 15 is 0 Å². The van der Waals surface area contributed by atoms with Crippen LogP contribution in [0.25, 0.3) is 0 Å². The zero-order chi connectivity index (χ0) is 25.9. The number of nitrogens with zero attached hydrogens (tertiary/aromatic N) is 1. The summed E-state index contributed by atoms with van der Waals surface area (Å²) in [4.78, 5) is 14.4. The van der Waals surface area contributed by atoms with Gasteiger partial charge in [0.15, 0.2) is 0 Å². The molecule has 1 aliphatic rings. The van der Waals surface area contributed by atoms with Crippen molar-refractivity contribution in [2.45, 2.75) is 40.5 Å². The highest BCUT2D eigenvalue weighted by molar-refractivity contribution is 7.91. The van der Waals surface area contributed by atoms with Gasteiger partial charge in [0.25, 0.3) is 5.91 Å². The fourth-order valence-electron chi connectivity index (χ4n) is 4.17. The van der Waals surface area contributed by atoms with Gasteiger partial charge < -0.3 is 9.64 Å². The number of sulfonamides is 1. The van der Waals surface area contributed by atoms with Crippen LogP contribution in [0.5, 0.6) is 5.75 Å². The number of ether oxygens (including phenoxy) is 1. The predicted molar refractivity (Wildman–Crippen MR) is 135 cm³/mol. The molecule has 10 heteroatoms. The molecule has 190 valence electrons. The van der Waals surface area contributed by atoms with Crippen LogP contribution in [0, 0.1) is 6.92 Å². The molecule has 0 atom stereocenters. The number of methoxy groups -OCH3 is 1. The van der Waals surface area contributed by atoms with E-state index in [2.05, 4.69) is 4.72 Å². The Morgan fingerprint density at radius 3 is 2.14 bits per heavy atom. The number of likely N-dealkylation sites (tertiary alicyclic amines) is 1. The molecule has 1 heterocycles. The van der Waals surface area contributed by atoms with Gasteiger partial charge in [-0.3, -0.25) is 4.79 Å². The number of rotatable bonds is 7. The summed E-state index contributed by atoms with van der Waals surface area (Å²) in [5.74, 6) is 0.546. The van der Waals surface area contributed by atoms with Crippen molar-refractivity contribution in [3.05, 3.63) is 83.9 Å². The summed E-state index contributed by atoms with van der Waals surface area (Å²) >= 11 is 0. The van der Waals surface area contributed by atoms with Crippen LogP contribution >= 0.6 is 0 Å². The van der Waals surface area contributed by atoms with Gasteiger partial charge in [0.1, 0.15) is 5.75 Å². The maximum absolute atomic E-state index is 13.2. The lowest BCUT2D eigenvalue weighted by Crippen LogP contribution is -2.46. The van der Waals surface area contributed by atoms with Gasteiger partial charge in [0, 0.05) is 24.7 Å². The van der Waals surface area contributed by atoms with Gasteiger partial charge in [0.2, 0.25) is 19.9 Å². The van der Waals surface area contributed by atoms with Crippen LogP contribution < -0.4 is 9.46 Å².